The second kappa shape index (κ2) is 10.8. The third-order valence-electron chi connectivity index (χ3n) is 5.30. The number of nitrogens with zero attached hydrogens (tertiary/aromatic N) is 2. The van der Waals surface area contributed by atoms with Crippen molar-refractivity contribution in [1.29, 1.82) is 0 Å². The maximum absolute atomic E-state index is 4.42. The van der Waals surface area contributed by atoms with Crippen molar-refractivity contribution in [3.8, 4) is 0 Å². The van der Waals surface area contributed by atoms with E-state index in [0.29, 0.717) is 4.75 Å². The molecule has 2 fully saturated rings. The van der Waals surface area contributed by atoms with E-state index >= 15 is 0 Å². The van der Waals surface area contributed by atoms with Crippen LogP contribution >= 0.6 is 35.7 Å². The Bertz CT molecular complexity index is 562. The lowest BCUT2D eigenvalue weighted by Crippen LogP contribution is -2.45. The molecule has 26 heavy (non-hydrogen) atoms. The van der Waals surface area contributed by atoms with Crippen LogP contribution in [0.1, 0.15) is 32.6 Å². The van der Waals surface area contributed by atoms with E-state index < -0.39 is 0 Å². The number of hydrogen-bond acceptors (Lipinski definition) is 3. The molecule has 0 bridgehead atoms. The smallest absolute Gasteiger partial charge is 0.191 e. The molecule has 1 heterocycles. The number of thioether (sulfide) groups is 1. The molecule has 6 heteroatoms. The Morgan fingerprint density at radius 1 is 1.27 bits per heavy atom. The van der Waals surface area contributed by atoms with E-state index in [9.17, 15) is 0 Å². The second-order valence-electron chi connectivity index (χ2n) is 7.31. The highest BCUT2D eigenvalue weighted by Crippen LogP contribution is 2.51. The highest BCUT2D eigenvalue weighted by molar-refractivity contribution is 14.0. The quantitative estimate of drug-likeness (QED) is 0.348. The Labute approximate surface area is 180 Å². The molecule has 1 aromatic carbocycles. The fraction of sp³-hybridized carbons (Fsp3) is 0.650. The predicted octanol–water partition coefficient (Wildman–Crippen LogP) is 3.83. The second-order valence-corrected chi connectivity index (χ2v) is 8.85. The standard InChI is InChI=1S/C20H32N4S.HI/c1-3-24-13-7-8-17(15-24)14-22-19(21-2)23-16-20(11-12-20)25-18-9-5-4-6-10-18;/h4-6,9-10,17H,3,7-8,11-16H2,1-2H3,(H2,21,22,23);1H. The Morgan fingerprint density at radius 3 is 2.69 bits per heavy atom. The minimum Gasteiger partial charge on any atom is -0.356 e. The van der Waals surface area contributed by atoms with Crippen molar-refractivity contribution in [3.05, 3.63) is 30.3 Å². The van der Waals surface area contributed by atoms with Crippen molar-refractivity contribution < 1.29 is 0 Å². The summed E-state index contributed by atoms with van der Waals surface area (Å²) in [5.41, 5.74) is 0. The van der Waals surface area contributed by atoms with E-state index in [0.717, 1.165) is 25.0 Å². The summed E-state index contributed by atoms with van der Waals surface area (Å²) in [6.07, 6.45) is 5.21. The summed E-state index contributed by atoms with van der Waals surface area (Å²) < 4.78 is 0.350. The first-order chi connectivity index (χ1) is 12.2. The molecule has 1 aliphatic carbocycles. The zero-order valence-corrected chi connectivity index (χ0v) is 19.2. The number of guanidine groups is 1. The van der Waals surface area contributed by atoms with Gasteiger partial charge in [0, 0.05) is 36.3 Å². The molecule has 1 unspecified atom stereocenters. The molecule has 1 aliphatic heterocycles. The molecular formula is C20H33IN4S. The molecular weight excluding hydrogens is 455 g/mol. The Hall–Kier alpha value is -0.470. The van der Waals surface area contributed by atoms with E-state index in [1.54, 1.807) is 0 Å². The first kappa shape index (κ1) is 21.8. The van der Waals surface area contributed by atoms with Crippen LogP contribution in [-0.4, -0.2) is 55.4 Å². The third-order valence-corrected chi connectivity index (χ3v) is 6.79. The molecule has 1 atom stereocenters. The lowest BCUT2D eigenvalue weighted by molar-refractivity contribution is 0.183. The summed E-state index contributed by atoms with van der Waals surface area (Å²) in [5, 5.41) is 7.11. The fourth-order valence-corrected chi connectivity index (χ4v) is 4.75. The minimum atomic E-state index is 0. The number of hydrogen-bond donors (Lipinski definition) is 2. The molecule has 2 aliphatic rings. The summed E-state index contributed by atoms with van der Waals surface area (Å²) in [4.78, 5) is 8.35. The number of benzene rings is 1. The monoisotopic (exact) mass is 488 g/mol. The predicted molar refractivity (Wildman–Crippen MR) is 124 cm³/mol. The van der Waals surface area contributed by atoms with E-state index in [4.69, 9.17) is 0 Å². The Morgan fingerprint density at radius 2 is 2.04 bits per heavy atom. The van der Waals surface area contributed by atoms with Gasteiger partial charge >= 0.3 is 0 Å². The van der Waals surface area contributed by atoms with Gasteiger partial charge in [-0.1, -0.05) is 25.1 Å². The van der Waals surface area contributed by atoms with E-state index in [-0.39, 0.29) is 24.0 Å². The van der Waals surface area contributed by atoms with Gasteiger partial charge < -0.3 is 15.5 Å². The average Bonchev–Trinajstić information content (AvgIpc) is 3.42. The van der Waals surface area contributed by atoms with Gasteiger partial charge in [-0.05, 0) is 56.8 Å². The van der Waals surface area contributed by atoms with Gasteiger partial charge in [0.25, 0.3) is 0 Å². The molecule has 1 saturated carbocycles. The summed E-state index contributed by atoms with van der Waals surface area (Å²) >= 11 is 2.01. The van der Waals surface area contributed by atoms with E-state index in [1.807, 2.05) is 18.8 Å². The Balaban J connectivity index is 0.00000243. The van der Waals surface area contributed by atoms with Crippen molar-refractivity contribution in [2.24, 2.45) is 10.9 Å². The molecule has 146 valence electrons. The highest BCUT2D eigenvalue weighted by atomic mass is 127. The van der Waals surface area contributed by atoms with Crippen molar-refractivity contribution in [3.63, 3.8) is 0 Å². The summed E-state index contributed by atoms with van der Waals surface area (Å²) in [6.45, 7) is 7.92. The number of halogens is 1. The van der Waals surface area contributed by atoms with Crippen molar-refractivity contribution in [2.45, 2.75) is 42.2 Å². The SMILES string of the molecule is CCN1CCCC(CNC(=NC)NCC2(Sc3ccccc3)CC2)C1.I. The fourth-order valence-electron chi connectivity index (χ4n) is 3.50. The molecule has 0 radical (unpaired) electrons. The maximum atomic E-state index is 4.42. The van der Waals surface area contributed by atoms with Crippen LogP contribution in [-0.2, 0) is 0 Å². The lowest BCUT2D eigenvalue weighted by atomic mass is 9.98. The van der Waals surface area contributed by atoms with E-state index in [2.05, 4.69) is 57.8 Å². The van der Waals surface area contributed by atoms with E-state index in [1.165, 1.54) is 50.2 Å². The first-order valence-electron chi connectivity index (χ1n) is 9.64. The van der Waals surface area contributed by atoms with Gasteiger partial charge in [-0.15, -0.1) is 35.7 Å². The van der Waals surface area contributed by atoms with Crippen LogP contribution in [0.3, 0.4) is 0 Å². The molecule has 0 amide bonds. The summed E-state index contributed by atoms with van der Waals surface area (Å²) in [6, 6.07) is 10.7. The first-order valence-corrected chi connectivity index (χ1v) is 10.5. The van der Waals surface area contributed by atoms with Gasteiger partial charge in [0.2, 0.25) is 0 Å². The van der Waals surface area contributed by atoms with Crippen molar-refractivity contribution in [2.75, 3.05) is 39.8 Å². The summed E-state index contributed by atoms with van der Waals surface area (Å²) in [5.74, 6) is 1.69. The van der Waals surface area contributed by atoms with Gasteiger partial charge in [0.15, 0.2) is 5.96 Å². The molecule has 1 aromatic rings. The molecule has 3 rings (SSSR count). The molecule has 1 saturated heterocycles. The van der Waals surface area contributed by atoms with Gasteiger partial charge in [-0.25, -0.2) is 0 Å². The average molecular weight is 488 g/mol. The van der Waals surface area contributed by atoms with Gasteiger partial charge in [-0.2, -0.15) is 0 Å². The largest absolute Gasteiger partial charge is 0.356 e. The Kier molecular flexibility index (Phi) is 9.03. The van der Waals surface area contributed by atoms with Crippen LogP contribution in [0, 0.1) is 5.92 Å². The third kappa shape index (κ3) is 6.60. The molecule has 0 aromatic heterocycles. The number of nitrogens with one attached hydrogen (secondary N) is 2. The van der Waals surface area contributed by atoms with Gasteiger partial charge in [0.1, 0.15) is 0 Å². The highest BCUT2D eigenvalue weighted by Gasteiger charge is 2.43. The van der Waals surface area contributed by atoms with Crippen LogP contribution in [0.25, 0.3) is 0 Å². The maximum Gasteiger partial charge on any atom is 0.191 e. The zero-order valence-electron chi connectivity index (χ0n) is 16.0. The van der Waals surface area contributed by atoms with Crippen LogP contribution < -0.4 is 10.6 Å². The summed E-state index contributed by atoms with van der Waals surface area (Å²) in [7, 11) is 1.87. The van der Waals surface area contributed by atoms with Gasteiger partial charge in [-0.3, -0.25) is 4.99 Å². The zero-order chi connectivity index (χ0) is 17.5. The minimum absolute atomic E-state index is 0. The number of aliphatic imine (C=N–C) groups is 1. The van der Waals surface area contributed by atoms with Crippen molar-refractivity contribution >= 4 is 41.7 Å². The lowest BCUT2D eigenvalue weighted by Gasteiger charge is -2.32. The van der Waals surface area contributed by atoms with Crippen LogP contribution in [0.15, 0.2) is 40.2 Å². The molecule has 0 spiro atoms. The normalized spacial score (nSPS) is 22.4. The van der Waals surface area contributed by atoms with Gasteiger partial charge in [0.05, 0.1) is 0 Å². The number of rotatable bonds is 7. The number of piperidine rings is 1. The van der Waals surface area contributed by atoms with Crippen LogP contribution in [0.4, 0.5) is 0 Å². The van der Waals surface area contributed by atoms with Crippen LogP contribution in [0.5, 0.6) is 0 Å². The van der Waals surface area contributed by atoms with Crippen LogP contribution in [0.2, 0.25) is 0 Å². The molecule has 4 nitrogen and oxygen atoms in total. The number of likely N-dealkylation sites (tertiary alicyclic amines) is 1. The topological polar surface area (TPSA) is 39.7 Å². The molecule has 2 N–H and O–H groups in total. The van der Waals surface area contributed by atoms with Crippen molar-refractivity contribution in [1.82, 2.24) is 15.5 Å².